The van der Waals surface area contributed by atoms with Crippen molar-refractivity contribution in [3.63, 3.8) is 0 Å². The summed E-state index contributed by atoms with van der Waals surface area (Å²) in [5.74, 6) is 4.21. The monoisotopic (exact) mass is 220 g/mol. The van der Waals surface area contributed by atoms with E-state index in [4.69, 9.17) is 0 Å². The van der Waals surface area contributed by atoms with Crippen LogP contribution in [0.2, 0.25) is 0 Å². The molecule has 4 rings (SSSR count). The summed E-state index contributed by atoms with van der Waals surface area (Å²) in [6, 6.07) is 1.01. The topological polar surface area (TPSA) is 6.48 Å². The van der Waals surface area contributed by atoms with E-state index in [1.807, 2.05) is 0 Å². The number of nitrogens with zero attached hydrogens (tertiary/aromatic N) is 2. The lowest BCUT2D eigenvalue weighted by Gasteiger charge is -2.29. The Morgan fingerprint density at radius 2 is 1.31 bits per heavy atom. The maximum atomic E-state index is 2.90. The molecule has 0 amide bonds. The van der Waals surface area contributed by atoms with Gasteiger partial charge in [-0.15, -0.1) is 0 Å². The number of rotatable bonds is 3. The summed E-state index contributed by atoms with van der Waals surface area (Å²) >= 11 is 0. The molecule has 2 aliphatic carbocycles. The Bertz CT molecular complexity index is 256. The molecule has 90 valence electrons. The van der Waals surface area contributed by atoms with E-state index in [0.29, 0.717) is 0 Å². The molecule has 2 aliphatic heterocycles. The van der Waals surface area contributed by atoms with Crippen LogP contribution in [0.1, 0.15) is 25.7 Å². The minimum atomic E-state index is 1.00. The molecule has 2 saturated heterocycles. The lowest BCUT2D eigenvalue weighted by molar-refractivity contribution is 0.171. The zero-order valence-electron chi connectivity index (χ0n) is 10.4. The Kier molecular flexibility index (Phi) is 2.14. The van der Waals surface area contributed by atoms with Gasteiger partial charge < -0.3 is 4.90 Å². The molecule has 0 spiro atoms. The van der Waals surface area contributed by atoms with E-state index in [-0.39, 0.29) is 0 Å². The number of hydrogen-bond acceptors (Lipinski definition) is 2. The normalized spacial score (nSPS) is 40.9. The summed E-state index contributed by atoms with van der Waals surface area (Å²) in [6.45, 7) is 5.58. The van der Waals surface area contributed by atoms with Gasteiger partial charge in [0.25, 0.3) is 0 Å². The van der Waals surface area contributed by atoms with Crippen LogP contribution in [0.5, 0.6) is 0 Å². The maximum Gasteiger partial charge on any atom is 0.0152 e. The standard InChI is InChI=1S/C14H24N2/c1-15-6-12-8-16(9-13(12)7-15)14(10-2-3-10)11-4-5-11/h10-14H,2-9H2,1H3. The summed E-state index contributed by atoms with van der Waals surface area (Å²) in [6.07, 6.45) is 6.14. The quantitative estimate of drug-likeness (QED) is 0.714. The second-order valence-corrected chi connectivity index (χ2v) is 6.86. The molecular weight excluding hydrogens is 196 g/mol. The van der Waals surface area contributed by atoms with Crippen molar-refractivity contribution in [1.29, 1.82) is 0 Å². The Balaban J connectivity index is 1.45. The van der Waals surface area contributed by atoms with E-state index < -0.39 is 0 Å². The van der Waals surface area contributed by atoms with E-state index in [1.54, 1.807) is 0 Å². The van der Waals surface area contributed by atoms with E-state index >= 15 is 0 Å². The molecular formula is C14H24N2. The Labute approximate surface area is 99.0 Å². The van der Waals surface area contributed by atoms with Crippen molar-refractivity contribution in [3.8, 4) is 0 Å². The van der Waals surface area contributed by atoms with Gasteiger partial charge in [-0.1, -0.05) is 0 Å². The van der Waals surface area contributed by atoms with Crippen molar-refractivity contribution in [2.45, 2.75) is 31.7 Å². The first-order chi connectivity index (χ1) is 7.81. The van der Waals surface area contributed by atoms with Crippen LogP contribution in [0, 0.1) is 23.7 Å². The van der Waals surface area contributed by atoms with E-state index in [0.717, 1.165) is 29.7 Å². The zero-order chi connectivity index (χ0) is 10.7. The summed E-state index contributed by atoms with van der Waals surface area (Å²) in [4.78, 5) is 5.44. The smallest absolute Gasteiger partial charge is 0.0152 e. The average molecular weight is 220 g/mol. The van der Waals surface area contributed by atoms with Crippen LogP contribution in [-0.4, -0.2) is 49.1 Å². The predicted octanol–water partition coefficient (Wildman–Crippen LogP) is 1.67. The molecule has 0 N–H and O–H groups in total. The highest BCUT2D eigenvalue weighted by molar-refractivity contribution is 5.02. The first kappa shape index (κ1) is 9.90. The first-order valence-electron chi connectivity index (χ1n) is 7.24. The third-order valence-corrected chi connectivity index (χ3v) is 5.33. The molecule has 2 nitrogen and oxygen atoms in total. The van der Waals surface area contributed by atoms with Gasteiger partial charge in [0.05, 0.1) is 0 Å². The minimum absolute atomic E-state index is 1.00. The van der Waals surface area contributed by atoms with Crippen molar-refractivity contribution < 1.29 is 0 Å². The Morgan fingerprint density at radius 3 is 1.75 bits per heavy atom. The highest BCUT2D eigenvalue weighted by atomic mass is 15.2. The Morgan fingerprint density at radius 1 is 0.812 bits per heavy atom. The van der Waals surface area contributed by atoms with Gasteiger partial charge in [0.1, 0.15) is 0 Å². The SMILES string of the molecule is CN1CC2CN(C(C3CC3)C3CC3)CC2C1. The average Bonchev–Trinajstić information content (AvgIpc) is 3.09. The molecule has 2 saturated carbocycles. The molecule has 2 heteroatoms. The highest BCUT2D eigenvalue weighted by Crippen LogP contribution is 2.49. The van der Waals surface area contributed by atoms with Crippen LogP contribution in [0.25, 0.3) is 0 Å². The Hall–Kier alpha value is -0.0800. The third kappa shape index (κ3) is 1.62. The van der Waals surface area contributed by atoms with Crippen molar-refractivity contribution in [2.24, 2.45) is 23.7 Å². The number of hydrogen-bond donors (Lipinski definition) is 0. The molecule has 2 heterocycles. The van der Waals surface area contributed by atoms with Gasteiger partial charge in [-0.2, -0.15) is 0 Å². The predicted molar refractivity (Wildman–Crippen MR) is 65.3 cm³/mol. The number of likely N-dealkylation sites (tertiary alicyclic amines) is 2. The maximum absolute atomic E-state index is 2.90. The van der Waals surface area contributed by atoms with Crippen LogP contribution in [0.4, 0.5) is 0 Å². The third-order valence-electron chi connectivity index (χ3n) is 5.33. The van der Waals surface area contributed by atoms with Gasteiger partial charge in [-0.3, -0.25) is 4.90 Å². The summed E-state index contributed by atoms with van der Waals surface area (Å²) in [7, 11) is 2.29. The number of fused-ring (bicyclic) bond motifs is 1. The molecule has 0 aromatic heterocycles. The lowest BCUT2D eigenvalue weighted by atomic mass is 10.0. The van der Waals surface area contributed by atoms with Crippen LogP contribution in [0.15, 0.2) is 0 Å². The van der Waals surface area contributed by atoms with Gasteiger partial charge in [0, 0.05) is 32.2 Å². The molecule has 0 radical (unpaired) electrons. The van der Waals surface area contributed by atoms with E-state index in [9.17, 15) is 0 Å². The molecule has 4 aliphatic rings. The lowest BCUT2D eigenvalue weighted by Crippen LogP contribution is -2.38. The molecule has 2 unspecified atom stereocenters. The fourth-order valence-corrected chi connectivity index (χ4v) is 4.36. The summed E-state index contributed by atoms with van der Waals surface area (Å²) in [5, 5.41) is 0. The van der Waals surface area contributed by atoms with Gasteiger partial charge in [0.15, 0.2) is 0 Å². The molecule has 2 atom stereocenters. The first-order valence-corrected chi connectivity index (χ1v) is 7.24. The fourth-order valence-electron chi connectivity index (χ4n) is 4.36. The van der Waals surface area contributed by atoms with Gasteiger partial charge >= 0.3 is 0 Å². The summed E-state index contributed by atoms with van der Waals surface area (Å²) < 4.78 is 0. The van der Waals surface area contributed by atoms with Crippen molar-refractivity contribution in [1.82, 2.24) is 9.80 Å². The van der Waals surface area contributed by atoms with Crippen LogP contribution in [0.3, 0.4) is 0 Å². The molecule has 0 bridgehead atoms. The van der Waals surface area contributed by atoms with Crippen LogP contribution >= 0.6 is 0 Å². The van der Waals surface area contributed by atoms with Crippen LogP contribution < -0.4 is 0 Å². The van der Waals surface area contributed by atoms with Gasteiger partial charge in [0.2, 0.25) is 0 Å². The second-order valence-electron chi connectivity index (χ2n) is 6.86. The second kappa shape index (κ2) is 3.46. The van der Waals surface area contributed by atoms with Crippen molar-refractivity contribution in [3.05, 3.63) is 0 Å². The van der Waals surface area contributed by atoms with Crippen molar-refractivity contribution in [2.75, 3.05) is 33.2 Å². The van der Waals surface area contributed by atoms with Crippen LogP contribution in [-0.2, 0) is 0 Å². The van der Waals surface area contributed by atoms with Crippen molar-refractivity contribution >= 4 is 0 Å². The fraction of sp³-hybridized carbons (Fsp3) is 1.00. The van der Waals surface area contributed by atoms with Gasteiger partial charge in [-0.25, -0.2) is 0 Å². The minimum Gasteiger partial charge on any atom is -0.306 e. The molecule has 4 fully saturated rings. The molecule has 16 heavy (non-hydrogen) atoms. The molecule has 0 aromatic carbocycles. The van der Waals surface area contributed by atoms with E-state index in [2.05, 4.69) is 16.8 Å². The summed E-state index contributed by atoms with van der Waals surface area (Å²) in [5.41, 5.74) is 0. The highest BCUT2D eigenvalue weighted by Gasteiger charge is 2.49. The van der Waals surface area contributed by atoms with E-state index in [1.165, 1.54) is 51.9 Å². The van der Waals surface area contributed by atoms with Gasteiger partial charge in [-0.05, 0) is 56.4 Å². The largest absolute Gasteiger partial charge is 0.306 e. The molecule has 0 aromatic rings. The zero-order valence-corrected chi connectivity index (χ0v) is 10.4.